The Morgan fingerprint density at radius 3 is 2.62 bits per heavy atom. The van der Waals surface area contributed by atoms with Crippen LogP contribution in [0.1, 0.15) is 65.7 Å². The van der Waals surface area contributed by atoms with Crippen LogP contribution in [0.5, 0.6) is 0 Å². The van der Waals surface area contributed by atoms with E-state index in [9.17, 15) is 4.79 Å². The van der Waals surface area contributed by atoms with Gasteiger partial charge >= 0.3 is 0 Å². The van der Waals surface area contributed by atoms with Crippen molar-refractivity contribution >= 4 is 5.91 Å². The van der Waals surface area contributed by atoms with Crippen molar-refractivity contribution in [1.29, 1.82) is 0 Å². The number of hydrogen-bond donors (Lipinski definition) is 2. The Labute approximate surface area is 129 Å². The Morgan fingerprint density at radius 1 is 1.29 bits per heavy atom. The van der Waals surface area contributed by atoms with Crippen molar-refractivity contribution in [2.24, 2.45) is 17.6 Å². The fourth-order valence-corrected chi connectivity index (χ4v) is 4.10. The molecule has 1 aliphatic heterocycles. The highest BCUT2D eigenvalue weighted by Gasteiger charge is 2.38. The summed E-state index contributed by atoms with van der Waals surface area (Å²) in [5.74, 6) is 0.553. The summed E-state index contributed by atoms with van der Waals surface area (Å²) in [5.41, 5.74) is 6.15. The average molecular weight is 296 g/mol. The molecule has 1 saturated carbocycles. The molecule has 0 aromatic heterocycles. The topological polar surface area (TPSA) is 64.4 Å². The summed E-state index contributed by atoms with van der Waals surface area (Å²) in [6.07, 6.45) is 7.12. The van der Waals surface area contributed by atoms with Crippen molar-refractivity contribution in [3.8, 4) is 0 Å². The summed E-state index contributed by atoms with van der Waals surface area (Å²) < 4.78 is 5.99. The minimum atomic E-state index is -0.0451. The lowest BCUT2D eigenvalue weighted by Crippen LogP contribution is -2.53. The molecule has 2 fully saturated rings. The number of carbonyl (C=O) groups excluding carboxylic acids is 1. The van der Waals surface area contributed by atoms with Crippen molar-refractivity contribution in [2.45, 2.75) is 83.4 Å². The summed E-state index contributed by atoms with van der Waals surface area (Å²) in [4.78, 5) is 12.6. The fraction of sp³-hybridized carbons (Fsp3) is 0.941. The lowest BCUT2D eigenvalue weighted by molar-refractivity contribution is -0.132. The summed E-state index contributed by atoms with van der Waals surface area (Å²) in [7, 11) is 0. The standard InChI is InChI=1S/C17H32N2O2/c1-4-17(5-2)11-13(9-10-21-17)19-16(20)15-12(3)7-6-8-14(15)18/h12-15H,4-11,18H2,1-3H3,(H,19,20). The third-order valence-corrected chi connectivity index (χ3v) is 5.70. The van der Waals surface area contributed by atoms with Crippen molar-refractivity contribution in [1.82, 2.24) is 5.32 Å². The van der Waals surface area contributed by atoms with E-state index in [0.29, 0.717) is 5.92 Å². The average Bonchev–Trinajstić information content (AvgIpc) is 2.47. The first-order valence-electron chi connectivity index (χ1n) is 8.71. The van der Waals surface area contributed by atoms with Gasteiger partial charge in [-0.1, -0.05) is 27.2 Å². The molecule has 0 aromatic carbocycles. The van der Waals surface area contributed by atoms with Gasteiger partial charge in [0.2, 0.25) is 5.91 Å². The van der Waals surface area contributed by atoms with Crippen molar-refractivity contribution < 1.29 is 9.53 Å². The molecular weight excluding hydrogens is 264 g/mol. The Hall–Kier alpha value is -0.610. The largest absolute Gasteiger partial charge is 0.375 e. The van der Waals surface area contributed by atoms with Gasteiger partial charge in [-0.25, -0.2) is 0 Å². The summed E-state index contributed by atoms with van der Waals surface area (Å²) in [5, 5.41) is 3.27. The normalized spacial score (nSPS) is 36.2. The van der Waals surface area contributed by atoms with Gasteiger partial charge in [-0.2, -0.15) is 0 Å². The molecule has 1 aliphatic carbocycles. The van der Waals surface area contributed by atoms with E-state index in [4.69, 9.17) is 10.5 Å². The van der Waals surface area contributed by atoms with Gasteiger partial charge in [0.05, 0.1) is 11.5 Å². The summed E-state index contributed by atoms with van der Waals surface area (Å²) in [6.45, 7) is 7.26. The maximum absolute atomic E-state index is 12.6. The van der Waals surface area contributed by atoms with Gasteiger partial charge in [-0.05, 0) is 44.4 Å². The second-order valence-electron chi connectivity index (χ2n) is 7.03. The number of amides is 1. The molecule has 4 nitrogen and oxygen atoms in total. The van der Waals surface area contributed by atoms with E-state index < -0.39 is 0 Å². The van der Waals surface area contributed by atoms with Crippen LogP contribution in [-0.2, 0) is 9.53 Å². The zero-order valence-electron chi connectivity index (χ0n) is 13.9. The molecule has 0 aromatic rings. The number of rotatable bonds is 4. The zero-order chi connectivity index (χ0) is 15.5. The highest BCUT2D eigenvalue weighted by Crippen LogP contribution is 2.33. The smallest absolute Gasteiger partial charge is 0.225 e. The van der Waals surface area contributed by atoms with E-state index in [1.807, 2.05) is 0 Å². The first-order valence-corrected chi connectivity index (χ1v) is 8.71. The molecule has 1 heterocycles. The third-order valence-electron chi connectivity index (χ3n) is 5.70. The molecular formula is C17H32N2O2. The minimum absolute atomic E-state index is 0.0146. The number of ether oxygens (including phenoxy) is 1. The lowest BCUT2D eigenvalue weighted by atomic mass is 9.76. The van der Waals surface area contributed by atoms with Gasteiger partial charge < -0.3 is 15.8 Å². The Balaban J connectivity index is 1.95. The van der Waals surface area contributed by atoms with E-state index in [1.54, 1.807) is 0 Å². The molecule has 2 aliphatic rings. The van der Waals surface area contributed by atoms with Crippen LogP contribution in [0.15, 0.2) is 0 Å². The number of hydrogen-bond acceptors (Lipinski definition) is 3. The highest BCUT2D eigenvalue weighted by molar-refractivity contribution is 5.80. The quantitative estimate of drug-likeness (QED) is 0.838. The first kappa shape index (κ1) is 16.8. The molecule has 21 heavy (non-hydrogen) atoms. The fourth-order valence-electron chi connectivity index (χ4n) is 4.10. The monoisotopic (exact) mass is 296 g/mol. The van der Waals surface area contributed by atoms with Gasteiger partial charge in [0.25, 0.3) is 0 Å². The van der Waals surface area contributed by atoms with Crippen LogP contribution < -0.4 is 11.1 Å². The van der Waals surface area contributed by atoms with Crippen LogP contribution >= 0.6 is 0 Å². The molecule has 3 N–H and O–H groups in total. The van der Waals surface area contributed by atoms with Crippen LogP contribution in [0.3, 0.4) is 0 Å². The van der Waals surface area contributed by atoms with Gasteiger partial charge in [0.15, 0.2) is 0 Å². The third kappa shape index (κ3) is 3.78. The molecule has 2 rings (SSSR count). The molecule has 122 valence electrons. The van der Waals surface area contributed by atoms with Gasteiger partial charge in [-0.15, -0.1) is 0 Å². The molecule has 0 bridgehead atoms. The second kappa shape index (κ2) is 7.10. The maximum atomic E-state index is 12.6. The zero-order valence-corrected chi connectivity index (χ0v) is 13.9. The van der Waals surface area contributed by atoms with Crippen molar-refractivity contribution in [3.05, 3.63) is 0 Å². The molecule has 1 saturated heterocycles. The summed E-state index contributed by atoms with van der Waals surface area (Å²) in [6, 6.07) is 0.267. The van der Waals surface area contributed by atoms with E-state index in [0.717, 1.165) is 51.6 Å². The Bertz CT molecular complexity index is 345. The molecule has 4 unspecified atom stereocenters. The van der Waals surface area contributed by atoms with Crippen molar-refractivity contribution in [3.63, 3.8) is 0 Å². The van der Waals surface area contributed by atoms with Gasteiger partial charge in [0.1, 0.15) is 0 Å². The van der Waals surface area contributed by atoms with Crippen LogP contribution in [0.4, 0.5) is 0 Å². The highest BCUT2D eigenvalue weighted by atomic mass is 16.5. The van der Waals surface area contributed by atoms with Gasteiger partial charge in [0, 0.05) is 18.7 Å². The molecule has 4 heteroatoms. The van der Waals surface area contributed by atoms with E-state index >= 15 is 0 Å². The van der Waals surface area contributed by atoms with Crippen LogP contribution in [0.2, 0.25) is 0 Å². The van der Waals surface area contributed by atoms with Crippen LogP contribution in [-0.4, -0.2) is 30.2 Å². The van der Waals surface area contributed by atoms with Crippen LogP contribution in [0, 0.1) is 11.8 Å². The number of nitrogens with two attached hydrogens (primary N) is 1. The lowest BCUT2D eigenvalue weighted by Gasteiger charge is -2.41. The molecule has 0 spiro atoms. The van der Waals surface area contributed by atoms with E-state index in [1.165, 1.54) is 0 Å². The predicted octanol–water partition coefficient (Wildman–Crippen LogP) is 2.60. The number of nitrogens with one attached hydrogen (secondary N) is 1. The van der Waals surface area contributed by atoms with E-state index in [-0.39, 0.29) is 29.5 Å². The van der Waals surface area contributed by atoms with Gasteiger partial charge in [-0.3, -0.25) is 4.79 Å². The Kier molecular flexibility index (Phi) is 5.67. The molecule has 1 amide bonds. The first-order chi connectivity index (χ1) is 10.0. The summed E-state index contributed by atoms with van der Waals surface area (Å²) >= 11 is 0. The van der Waals surface area contributed by atoms with E-state index in [2.05, 4.69) is 26.1 Å². The second-order valence-corrected chi connectivity index (χ2v) is 7.03. The minimum Gasteiger partial charge on any atom is -0.375 e. The SMILES string of the molecule is CCC1(CC)CC(NC(=O)C2C(C)CCCC2N)CCO1. The predicted molar refractivity (Wildman–Crippen MR) is 84.9 cm³/mol. The maximum Gasteiger partial charge on any atom is 0.225 e. The van der Waals surface area contributed by atoms with Crippen molar-refractivity contribution in [2.75, 3.05) is 6.61 Å². The molecule has 4 atom stereocenters. The molecule has 0 radical (unpaired) electrons. The number of carbonyl (C=O) groups is 1. The van der Waals surface area contributed by atoms with Crippen LogP contribution in [0.25, 0.3) is 0 Å². The Morgan fingerprint density at radius 2 is 2.00 bits per heavy atom.